The number of nitrogens with zero attached hydrogens (tertiary/aromatic N) is 2. The van der Waals surface area contributed by atoms with Crippen molar-refractivity contribution < 1.29 is 19.0 Å². The fourth-order valence-corrected chi connectivity index (χ4v) is 3.77. The summed E-state index contributed by atoms with van der Waals surface area (Å²) in [7, 11) is 1.64. The fourth-order valence-electron chi connectivity index (χ4n) is 3.77. The minimum Gasteiger partial charge on any atom is -0.497 e. The Morgan fingerprint density at radius 3 is 2.45 bits per heavy atom. The van der Waals surface area contributed by atoms with Gasteiger partial charge in [-0.05, 0) is 48.5 Å². The number of para-hydroxylation sites is 1. The summed E-state index contributed by atoms with van der Waals surface area (Å²) in [6, 6.07) is 25.0. The van der Waals surface area contributed by atoms with Crippen molar-refractivity contribution in [2.75, 3.05) is 13.7 Å². The van der Waals surface area contributed by atoms with E-state index in [0.717, 1.165) is 33.5 Å². The summed E-state index contributed by atoms with van der Waals surface area (Å²) >= 11 is 0. The van der Waals surface area contributed by atoms with Crippen LogP contribution in [0.3, 0.4) is 0 Å². The van der Waals surface area contributed by atoms with E-state index in [1.165, 1.54) is 0 Å². The number of rotatable bonds is 7. The maximum absolute atomic E-state index is 12.4. The Morgan fingerprint density at radius 1 is 0.939 bits per heavy atom. The fraction of sp³-hybridized carbons (Fsp3) is 0.111. The Kier molecular flexibility index (Phi) is 5.64. The highest BCUT2D eigenvalue weighted by molar-refractivity contribution is 6.13. The second-order valence-corrected chi connectivity index (χ2v) is 7.52. The van der Waals surface area contributed by atoms with Crippen LogP contribution in [0.5, 0.6) is 11.5 Å². The van der Waals surface area contributed by atoms with E-state index in [9.17, 15) is 4.79 Å². The van der Waals surface area contributed by atoms with E-state index in [0.29, 0.717) is 19.0 Å². The van der Waals surface area contributed by atoms with Crippen LogP contribution < -0.4 is 9.47 Å². The highest BCUT2D eigenvalue weighted by Crippen LogP contribution is 2.26. The molecule has 0 unspecified atom stereocenters. The summed E-state index contributed by atoms with van der Waals surface area (Å²) in [5.74, 6) is 1.45. The number of esters is 1. The van der Waals surface area contributed by atoms with Crippen LogP contribution in [0.2, 0.25) is 0 Å². The van der Waals surface area contributed by atoms with Gasteiger partial charge in [0.15, 0.2) is 5.70 Å². The lowest BCUT2D eigenvalue weighted by atomic mass is 10.1. The van der Waals surface area contributed by atoms with Crippen molar-refractivity contribution >= 4 is 28.8 Å². The number of fused-ring (bicyclic) bond motifs is 1. The molecule has 164 valence electrons. The van der Waals surface area contributed by atoms with Crippen LogP contribution in [0.15, 0.2) is 95.7 Å². The predicted molar refractivity (Wildman–Crippen MR) is 127 cm³/mol. The maximum Gasteiger partial charge on any atom is 0.363 e. The predicted octanol–water partition coefficient (Wildman–Crippen LogP) is 5.07. The molecule has 0 radical (unpaired) electrons. The van der Waals surface area contributed by atoms with Crippen LogP contribution in [0, 0.1) is 0 Å². The van der Waals surface area contributed by atoms with Gasteiger partial charge in [-0.15, -0.1) is 0 Å². The molecular formula is C27H22N2O4. The minimum atomic E-state index is -0.450. The smallest absolute Gasteiger partial charge is 0.363 e. The van der Waals surface area contributed by atoms with Crippen molar-refractivity contribution in [3.05, 3.63) is 102 Å². The molecular weight excluding hydrogens is 416 g/mol. The number of carbonyl (C=O) groups excluding carboxylic acids is 1. The highest BCUT2D eigenvalue weighted by atomic mass is 16.6. The van der Waals surface area contributed by atoms with E-state index < -0.39 is 5.97 Å². The van der Waals surface area contributed by atoms with Gasteiger partial charge in [-0.3, -0.25) is 0 Å². The summed E-state index contributed by atoms with van der Waals surface area (Å²) in [5, 5.41) is 1.03. The van der Waals surface area contributed by atoms with Crippen LogP contribution in [0.1, 0.15) is 11.1 Å². The zero-order valence-corrected chi connectivity index (χ0v) is 18.1. The average Bonchev–Trinajstić information content (AvgIpc) is 3.41. The van der Waals surface area contributed by atoms with Gasteiger partial charge in [0.1, 0.15) is 18.1 Å². The summed E-state index contributed by atoms with van der Waals surface area (Å²) in [6.45, 7) is 1.15. The van der Waals surface area contributed by atoms with Crippen molar-refractivity contribution in [2.45, 2.75) is 6.54 Å². The molecule has 0 fully saturated rings. The molecule has 3 aromatic carbocycles. The zero-order valence-electron chi connectivity index (χ0n) is 18.1. The maximum atomic E-state index is 12.4. The van der Waals surface area contributed by atoms with E-state index in [1.807, 2.05) is 79.0 Å². The van der Waals surface area contributed by atoms with Gasteiger partial charge >= 0.3 is 5.97 Å². The van der Waals surface area contributed by atoms with Crippen molar-refractivity contribution in [3.8, 4) is 11.5 Å². The third-order valence-corrected chi connectivity index (χ3v) is 5.41. The monoisotopic (exact) mass is 438 g/mol. The van der Waals surface area contributed by atoms with Gasteiger partial charge in [0.05, 0.1) is 13.7 Å². The molecule has 0 N–H and O–H groups in total. The van der Waals surface area contributed by atoms with E-state index in [-0.39, 0.29) is 5.70 Å². The molecule has 0 spiro atoms. The first-order chi connectivity index (χ1) is 16.2. The molecule has 5 rings (SSSR count). The summed E-state index contributed by atoms with van der Waals surface area (Å²) in [5.41, 5.74) is 3.01. The van der Waals surface area contributed by atoms with E-state index in [1.54, 1.807) is 13.2 Å². The zero-order chi connectivity index (χ0) is 22.6. The molecule has 1 aromatic heterocycles. The third kappa shape index (κ3) is 4.36. The van der Waals surface area contributed by atoms with Gasteiger partial charge < -0.3 is 18.8 Å². The van der Waals surface area contributed by atoms with Crippen molar-refractivity contribution in [2.24, 2.45) is 4.99 Å². The lowest BCUT2D eigenvalue weighted by Crippen LogP contribution is -2.07. The van der Waals surface area contributed by atoms with Gasteiger partial charge in [0.2, 0.25) is 5.90 Å². The van der Waals surface area contributed by atoms with Crippen molar-refractivity contribution in [3.63, 3.8) is 0 Å². The Balaban J connectivity index is 1.38. The van der Waals surface area contributed by atoms with E-state index in [4.69, 9.17) is 14.2 Å². The second kappa shape index (κ2) is 9.04. The molecule has 6 heteroatoms. The third-order valence-electron chi connectivity index (χ3n) is 5.41. The lowest BCUT2D eigenvalue weighted by Gasteiger charge is -2.09. The Hall–Kier alpha value is -4.32. The molecule has 1 aliphatic heterocycles. The molecule has 0 amide bonds. The SMILES string of the molecule is COc1ccc(OCCn2cc(/C=C3\N=C(c4ccccc4)OC3=O)c3ccccc32)cc1. The molecule has 2 heterocycles. The van der Waals surface area contributed by atoms with E-state index >= 15 is 0 Å². The van der Waals surface area contributed by atoms with Gasteiger partial charge in [-0.25, -0.2) is 9.79 Å². The number of ether oxygens (including phenoxy) is 3. The Labute approximate surface area is 191 Å². The number of hydrogen-bond acceptors (Lipinski definition) is 5. The number of aliphatic imine (C=N–C) groups is 1. The van der Waals surface area contributed by atoms with Crippen LogP contribution in [0.25, 0.3) is 17.0 Å². The quantitative estimate of drug-likeness (QED) is 0.298. The van der Waals surface area contributed by atoms with Crippen molar-refractivity contribution in [1.82, 2.24) is 4.57 Å². The van der Waals surface area contributed by atoms with Crippen molar-refractivity contribution in [1.29, 1.82) is 0 Å². The first-order valence-corrected chi connectivity index (χ1v) is 10.6. The molecule has 0 aliphatic carbocycles. The first kappa shape index (κ1) is 20.6. The average molecular weight is 438 g/mol. The molecule has 1 aliphatic rings. The summed E-state index contributed by atoms with van der Waals surface area (Å²) in [4.78, 5) is 16.9. The molecule has 0 saturated carbocycles. The molecule has 4 aromatic rings. The van der Waals surface area contributed by atoms with E-state index in [2.05, 4.69) is 15.6 Å². The number of cyclic esters (lactones) is 1. The number of benzene rings is 3. The summed E-state index contributed by atoms with van der Waals surface area (Å²) in [6.07, 6.45) is 3.79. The second-order valence-electron chi connectivity index (χ2n) is 7.52. The molecule has 33 heavy (non-hydrogen) atoms. The summed E-state index contributed by atoms with van der Waals surface area (Å²) < 4.78 is 18.6. The van der Waals surface area contributed by atoms with Crippen LogP contribution in [-0.4, -0.2) is 30.2 Å². The largest absolute Gasteiger partial charge is 0.497 e. The van der Waals surface area contributed by atoms with Crippen LogP contribution in [0.4, 0.5) is 0 Å². The Morgan fingerprint density at radius 2 is 1.67 bits per heavy atom. The minimum absolute atomic E-state index is 0.284. The number of hydrogen-bond donors (Lipinski definition) is 0. The standard InChI is InChI=1S/C27H22N2O4/c1-31-21-11-13-22(14-12-21)32-16-15-29-18-20(23-9-5-6-10-25(23)29)17-24-27(30)33-26(28-24)19-7-3-2-4-8-19/h2-14,17-18H,15-16H2,1H3/b24-17-. The highest BCUT2D eigenvalue weighted by Gasteiger charge is 2.24. The first-order valence-electron chi connectivity index (χ1n) is 10.6. The van der Waals surface area contributed by atoms with Crippen LogP contribution >= 0.6 is 0 Å². The number of methoxy groups -OCH3 is 1. The van der Waals surface area contributed by atoms with Gasteiger partial charge in [-0.2, -0.15) is 0 Å². The number of aromatic nitrogens is 1. The normalized spacial score (nSPS) is 14.4. The molecule has 6 nitrogen and oxygen atoms in total. The topological polar surface area (TPSA) is 62.1 Å². The van der Waals surface area contributed by atoms with Gasteiger partial charge in [-0.1, -0.05) is 36.4 Å². The molecule has 0 atom stereocenters. The number of carbonyl (C=O) groups is 1. The Bertz CT molecular complexity index is 1350. The molecule has 0 saturated heterocycles. The van der Waals surface area contributed by atoms with Gasteiger partial charge in [0, 0.05) is 28.2 Å². The molecule has 0 bridgehead atoms. The van der Waals surface area contributed by atoms with Crippen LogP contribution in [-0.2, 0) is 16.1 Å². The van der Waals surface area contributed by atoms with Gasteiger partial charge in [0.25, 0.3) is 0 Å². The lowest BCUT2D eigenvalue weighted by molar-refractivity contribution is -0.129.